The van der Waals surface area contributed by atoms with Crippen molar-refractivity contribution in [2.75, 3.05) is 6.61 Å². The minimum atomic E-state index is -2.20. The van der Waals surface area contributed by atoms with Crippen LogP contribution >= 0.6 is 0 Å². The molecular weight excluding hydrogens is 267 g/mol. The molecule has 0 fully saturated rings. The number of rotatable bonds is 5. The molecule has 4 atom stereocenters. The van der Waals surface area contributed by atoms with Crippen molar-refractivity contribution in [3.8, 4) is 0 Å². The van der Waals surface area contributed by atoms with Gasteiger partial charge in [0, 0.05) is 0 Å². The fourth-order valence-corrected chi connectivity index (χ4v) is 0.668. The van der Waals surface area contributed by atoms with Crippen molar-refractivity contribution in [1.29, 1.82) is 0 Å². The van der Waals surface area contributed by atoms with Crippen LogP contribution in [-0.2, 0) is 28.3 Å². The number of carboxylic acid groups (broad SMARTS) is 1. The van der Waals surface area contributed by atoms with Crippen LogP contribution in [-0.4, -0.2) is 67.6 Å². The molecule has 0 saturated heterocycles. The topological polar surface area (TPSA) is 173 Å². The van der Waals surface area contributed by atoms with Gasteiger partial charge in [-0.2, -0.15) is 0 Å². The molecule has 16 heavy (non-hydrogen) atoms. The van der Waals surface area contributed by atoms with Crippen LogP contribution in [0, 0.1) is 0 Å². The van der Waals surface area contributed by atoms with Gasteiger partial charge in [0.25, 0.3) is 0 Å². The quantitative estimate of drug-likeness (QED) is 0.295. The van der Waals surface area contributed by atoms with E-state index in [-0.39, 0.29) is 0 Å². The van der Waals surface area contributed by atoms with Crippen molar-refractivity contribution >= 4 is 5.97 Å². The molecule has 0 saturated carbocycles. The number of aliphatic hydroxyl groups excluding tert-OH is 5. The van der Waals surface area contributed by atoms with Gasteiger partial charge in [0.1, 0.15) is 18.3 Å². The van der Waals surface area contributed by atoms with E-state index in [1.54, 1.807) is 0 Å². The predicted octanol–water partition coefficient (Wildman–Crippen LogP) is -3.73. The Balaban J connectivity index is 0. The first-order valence-electron chi connectivity index (χ1n) is 3.84. The minimum absolute atomic E-state index is 0.843. The molecule has 9 nitrogen and oxygen atoms in total. The first-order chi connectivity index (χ1) is 7.33. The maximum atomic E-state index is 10.1. The van der Waals surface area contributed by atoms with E-state index < -0.39 is 53.2 Å². The van der Waals surface area contributed by atoms with Gasteiger partial charge >= 0.3 is 29.5 Å². The summed E-state index contributed by atoms with van der Waals surface area (Å²) in [6.07, 6.45) is -7.84. The molecule has 0 heterocycles. The van der Waals surface area contributed by atoms with Crippen LogP contribution in [0.1, 0.15) is 0 Å². The van der Waals surface area contributed by atoms with E-state index in [0.29, 0.717) is 0 Å². The zero-order valence-corrected chi connectivity index (χ0v) is 9.27. The second kappa shape index (κ2) is 9.66. The van der Waals surface area contributed by atoms with Gasteiger partial charge in [0.2, 0.25) is 0 Å². The van der Waals surface area contributed by atoms with Gasteiger partial charge in [-0.05, 0) is 0 Å². The molecule has 0 aliphatic carbocycles. The van der Waals surface area contributed by atoms with E-state index in [9.17, 15) is 4.79 Å². The third-order valence-corrected chi connectivity index (χ3v) is 1.51. The Labute approximate surface area is 96.5 Å². The van der Waals surface area contributed by atoms with Crippen LogP contribution in [0.5, 0.6) is 0 Å². The van der Waals surface area contributed by atoms with Crippen molar-refractivity contribution in [2.45, 2.75) is 24.4 Å². The van der Waals surface area contributed by atoms with Crippen LogP contribution in [0.15, 0.2) is 0 Å². The van der Waals surface area contributed by atoms with Crippen molar-refractivity contribution in [1.82, 2.24) is 0 Å². The normalized spacial score (nSPS) is 17.1. The molecule has 95 valence electrons. The third-order valence-electron chi connectivity index (χ3n) is 1.51. The van der Waals surface area contributed by atoms with Gasteiger partial charge in [-0.3, -0.25) is 0 Å². The molecule has 0 radical (unpaired) electrons. The molecule has 0 spiro atoms. The van der Waals surface area contributed by atoms with Crippen LogP contribution < -0.4 is 0 Å². The zero-order valence-electron chi connectivity index (χ0n) is 7.87. The number of hydrogen-bond donors (Lipinski definition) is 6. The number of carboxylic acids is 1. The molecule has 0 amide bonds. The molecule has 0 aromatic carbocycles. The molecule has 0 bridgehead atoms. The van der Waals surface area contributed by atoms with E-state index in [4.69, 9.17) is 38.0 Å². The van der Waals surface area contributed by atoms with Gasteiger partial charge in [0.05, 0.1) is 6.61 Å². The molecule has 6 N–H and O–H groups in total. The molecule has 0 aromatic rings. The Bertz CT molecular complexity index is 238. The summed E-state index contributed by atoms with van der Waals surface area (Å²) in [5.41, 5.74) is 0. The average molecular weight is 279 g/mol. The number of carbonyl (C=O) groups is 1. The second-order valence-corrected chi connectivity index (χ2v) is 2.82. The van der Waals surface area contributed by atoms with Gasteiger partial charge in [-0.15, -0.1) is 0 Å². The Hall–Kier alpha value is -0.546. The van der Waals surface area contributed by atoms with E-state index in [1.807, 2.05) is 0 Å². The fourth-order valence-electron chi connectivity index (χ4n) is 0.668. The summed E-state index contributed by atoms with van der Waals surface area (Å²) in [4.78, 5) is 10.1. The van der Waals surface area contributed by atoms with Crippen molar-refractivity contribution < 1.29 is 59.0 Å². The summed E-state index contributed by atoms with van der Waals surface area (Å²) in [5, 5.41) is 51.8. The van der Waals surface area contributed by atoms with Crippen LogP contribution in [0.4, 0.5) is 0 Å². The van der Waals surface area contributed by atoms with Gasteiger partial charge in [-0.25, -0.2) is 4.79 Å². The summed E-state index contributed by atoms with van der Waals surface area (Å²) >= 11 is -1.81. The van der Waals surface area contributed by atoms with E-state index in [0.717, 1.165) is 0 Å². The van der Waals surface area contributed by atoms with Gasteiger partial charge < -0.3 is 30.6 Å². The Kier molecular flexibility index (Phi) is 10.8. The molecule has 0 aromatic heterocycles. The van der Waals surface area contributed by atoms with Crippen molar-refractivity contribution in [3.63, 3.8) is 0 Å². The van der Waals surface area contributed by atoms with Crippen LogP contribution in [0.2, 0.25) is 0 Å². The summed E-state index contributed by atoms with van der Waals surface area (Å²) < 4.78 is 16.9. The molecule has 0 rings (SSSR count). The second-order valence-electron chi connectivity index (χ2n) is 2.59. The van der Waals surface area contributed by atoms with E-state index >= 15 is 0 Å². The van der Waals surface area contributed by atoms with Gasteiger partial charge in [-0.1, -0.05) is 0 Å². The number of aliphatic carboxylic acids is 1. The first kappa shape index (κ1) is 17.8. The SMILES string of the molecule is O=C(O)[C@H](O)[C@@H](O)[C@H](O)[C@H](O)CO.[O]=[V]=[O]. The summed E-state index contributed by atoms with van der Waals surface area (Å²) in [5.74, 6) is -1.73. The van der Waals surface area contributed by atoms with Crippen LogP contribution in [0.25, 0.3) is 0 Å². The standard InChI is InChI=1S/C6H12O7.2O.V/c7-1-2(8)3(9)4(10)5(11)6(12)13;;;/h2-5,7-11H,1H2,(H,12,13);;;/t2-,3-,4+,5-;;;/m1.../s1. The van der Waals surface area contributed by atoms with Crippen molar-refractivity contribution in [3.05, 3.63) is 0 Å². The first-order valence-corrected chi connectivity index (χ1v) is 4.98. The third kappa shape index (κ3) is 6.85. The van der Waals surface area contributed by atoms with E-state index in [1.165, 1.54) is 0 Å². The summed E-state index contributed by atoms with van der Waals surface area (Å²) in [6, 6.07) is 0. The molecular formula is C6H12O9V. The summed E-state index contributed by atoms with van der Waals surface area (Å²) in [7, 11) is 0. The molecule has 0 aliphatic rings. The fraction of sp³-hybridized carbons (Fsp3) is 0.833. The summed E-state index contributed by atoms with van der Waals surface area (Å²) in [6.45, 7) is -0.843. The predicted molar refractivity (Wildman–Crippen MR) is 40.1 cm³/mol. The molecule has 0 aliphatic heterocycles. The number of hydrogen-bond acceptors (Lipinski definition) is 8. The molecule has 0 unspecified atom stereocenters. The molecule has 10 heteroatoms. The van der Waals surface area contributed by atoms with Crippen LogP contribution in [0.3, 0.4) is 0 Å². The van der Waals surface area contributed by atoms with Gasteiger partial charge in [0.15, 0.2) is 6.10 Å². The zero-order chi connectivity index (χ0) is 13.3. The average Bonchev–Trinajstić information content (AvgIpc) is 2.25. The number of aliphatic hydroxyl groups is 5. The Morgan fingerprint density at radius 2 is 1.44 bits per heavy atom. The Morgan fingerprint density at radius 3 is 1.69 bits per heavy atom. The van der Waals surface area contributed by atoms with Crippen molar-refractivity contribution in [2.24, 2.45) is 0 Å². The maximum absolute atomic E-state index is 10.1. The Morgan fingerprint density at radius 1 is 1.06 bits per heavy atom. The monoisotopic (exact) mass is 279 g/mol. The van der Waals surface area contributed by atoms with E-state index in [2.05, 4.69) is 0 Å².